The Bertz CT molecular complexity index is 1660. The summed E-state index contributed by atoms with van der Waals surface area (Å²) in [6.45, 7) is 3.78. The van der Waals surface area contributed by atoms with E-state index in [1.807, 2.05) is 50.2 Å². The molecule has 1 saturated heterocycles. The zero-order valence-corrected chi connectivity index (χ0v) is 22.2. The molecule has 2 heterocycles. The molecule has 1 N–H and O–H groups in total. The van der Waals surface area contributed by atoms with Gasteiger partial charge < -0.3 is 0 Å². The monoisotopic (exact) mass is 557 g/mol. The summed E-state index contributed by atoms with van der Waals surface area (Å²) < 4.78 is 1.47. The highest BCUT2D eigenvalue weighted by Gasteiger charge is 2.35. The molecule has 4 aromatic rings. The summed E-state index contributed by atoms with van der Waals surface area (Å²) in [5, 5.41) is 26.5. The van der Waals surface area contributed by atoms with Crippen LogP contribution in [0.25, 0.3) is 11.8 Å². The van der Waals surface area contributed by atoms with Gasteiger partial charge in [0.05, 0.1) is 21.2 Å². The van der Waals surface area contributed by atoms with E-state index >= 15 is 0 Å². The van der Waals surface area contributed by atoms with Crippen molar-refractivity contribution in [2.24, 2.45) is 0 Å². The van der Waals surface area contributed by atoms with Crippen molar-refractivity contribution < 1.29 is 14.5 Å². The molecule has 1 aliphatic heterocycles. The van der Waals surface area contributed by atoms with Gasteiger partial charge in [-0.05, 0) is 101 Å². The van der Waals surface area contributed by atoms with E-state index in [0.29, 0.717) is 22.1 Å². The fraction of sp³-hybridized carbons (Fsp3) is 0.0769. The van der Waals surface area contributed by atoms with E-state index in [2.05, 4.69) is 20.8 Å². The van der Waals surface area contributed by atoms with Crippen molar-refractivity contribution in [3.8, 4) is 5.69 Å². The van der Waals surface area contributed by atoms with Crippen LogP contribution in [0.2, 0.25) is 0 Å². The average Bonchev–Trinajstić information content (AvgIpc) is 3.35. The number of rotatable bonds is 6. The minimum Gasteiger partial charge on any atom is -0.298 e. The predicted octanol–water partition coefficient (Wildman–Crippen LogP) is 4.17. The predicted molar refractivity (Wildman–Crippen MR) is 148 cm³/mol. The van der Waals surface area contributed by atoms with Crippen LogP contribution in [0, 0.1) is 24.0 Å². The number of para-hydroxylation sites is 1. The highest BCUT2D eigenvalue weighted by Crippen LogP contribution is 2.35. The molecule has 39 heavy (non-hydrogen) atoms. The van der Waals surface area contributed by atoms with Gasteiger partial charge in [-0.25, -0.2) is 0 Å². The maximum Gasteiger partial charge on any atom is 0.283 e. The molecular weight excluding hydrogens is 538 g/mol. The Morgan fingerprint density at radius 1 is 1.00 bits per heavy atom. The summed E-state index contributed by atoms with van der Waals surface area (Å²) in [5.41, 5.74) is 2.91. The fourth-order valence-electron chi connectivity index (χ4n) is 4.06. The van der Waals surface area contributed by atoms with Crippen molar-refractivity contribution in [3.05, 3.63) is 99.1 Å². The molecule has 0 unspecified atom stereocenters. The number of amides is 2. The standard InChI is InChI=1S/C26H19N7O4S2/c1-15-10-16(2)12-19(11-15)31-24(35)20(23(34)27-25(31)38)13-17-8-9-22(21(14-17)33(36)37)39-26-28-29-30-32(26)18-6-4-3-5-7-18/h3-14H,1-2H3,(H,27,34,38)/b20-13+. The molecule has 5 rings (SSSR count). The smallest absolute Gasteiger partial charge is 0.283 e. The van der Waals surface area contributed by atoms with Crippen LogP contribution >= 0.6 is 24.0 Å². The van der Waals surface area contributed by atoms with Crippen LogP contribution in [0.1, 0.15) is 16.7 Å². The third-order valence-electron chi connectivity index (χ3n) is 5.70. The summed E-state index contributed by atoms with van der Waals surface area (Å²) in [4.78, 5) is 39.1. The number of hydrogen-bond acceptors (Lipinski definition) is 9. The SMILES string of the molecule is Cc1cc(C)cc(N2C(=O)/C(=C/c3ccc(Sc4nnnn4-c4ccccc4)c([N+](=O)[O-])c3)C(=O)NC2=S)c1. The number of aryl methyl sites for hydroxylation is 2. The zero-order chi connectivity index (χ0) is 27.7. The Labute approximate surface area is 231 Å². The molecule has 1 aromatic heterocycles. The Kier molecular flexibility index (Phi) is 7.00. The molecule has 0 atom stereocenters. The highest BCUT2D eigenvalue weighted by molar-refractivity contribution is 7.99. The maximum atomic E-state index is 13.4. The summed E-state index contributed by atoms with van der Waals surface area (Å²) in [6, 6.07) is 19.0. The van der Waals surface area contributed by atoms with Crippen molar-refractivity contribution in [2.75, 3.05) is 4.90 Å². The first-order chi connectivity index (χ1) is 18.7. The number of nitrogens with one attached hydrogen (secondary N) is 1. The van der Waals surface area contributed by atoms with E-state index in [1.165, 1.54) is 27.8 Å². The molecule has 0 aliphatic carbocycles. The molecule has 1 aliphatic rings. The second kappa shape index (κ2) is 10.6. The maximum absolute atomic E-state index is 13.4. The number of nitro benzene ring substituents is 1. The van der Waals surface area contributed by atoms with Crippen LogP contribution < -0.4 is 10.2 Å². The van der Waals surface area contributed by atoms with Gasteiger partial charge in [-0.15, -0.1) is 5.10 Å². The van der Waals surface area contributed by atoms with Gasteiger partial charge in [0, 0.05) is 6.07 Å². The summed E-state index contributed by atoms with van der Waals surface area (Å²) in [6.07, 6.45) is 1.31. The third-order valence-corrected chi connectivity index (χ3v) is 6.99. The molecule has 194 valence electrons. The van der Waals surface area contributed by atoms with Crippen LogP contribution in [-0.2, 0) is 9.59 Å². The van der Waals surface area contributed by atoms with Gasteiger partial charge in [0.1, 0.15) is 5.57 Å². The van der Waals surface area contributed by atoms with Gasteiger partial charge in [0.25, 0.3) is 17.5 Å². The minimum absolute atomic E-state index is 0.0407. The topological polar surface area (TPSA) is 136 Å². The van der Waals surface area contributed by atoms with E-state index in [1.54, 1.807) is 18.2 Å². The van der Waals surface area contributed by atoms with Crippen LogP contribution in [0.15, 0.2) is 82.4 Å². The molecule has 1 fully saturated rings. The van der Waals surface area contributed by atoms with Crippen LogP contribution in [0.3, 0.4) is 0 Å². The lowest BCUT2D eigenvalue weighted by atomic mass is 10.1. The zero-order valence-electron chi connectivity index (χ0n) is 20.6. The van der Waals surface area contributed by atoms with Crippen LogP contribution in [0.5, 0.6) is 0 Å². The molecule has 13 heteroatoms. The van der Waals surface area contributed by atoms with E-state index in [9.17, 15) is 19.7 Å². The van der Waals surface area contributed by atoms with E-state index in [-0.39, 0.29) is 21.3 Å². The van der Waals surface area contributed by atoms with E-state index in [0.717, 1.165) is 22.9 Å². The molecule has 0 bridgehead atoms. The normalized spacial score (nSPS) is 14.6. The second-order valence-corrected chi connectivity index (χ2v) is 9.99. The van der Waals surface area contributed by atoms with Crippen LogP contribution in [0.4, 0.5) is 11.4 Å². The lowest BCUT2D eigenvalue weighted by Crippen LogP contribution is -2.54. The lowest BCUT2D eigenvalue weighted by molar-refractivity contribution is -0.387. The number of carbonyl (C=O) groups excluding carboxylic acids is 2. The fourth-order valence-corrected chi connectivity index (χ4v) is 5.22. The van der Waals surface area contributed by atoms with Crippen molar-refractivity contribution >= 4 is 58.4 Å². The quantitative estimate of drug-likeness (QED) is 0.122. The third kappa shape index (κ3) is 5.30. The summed E-state index contributed by atoms with van der Waals surface area (Å²) >= 11 is 6.30. The number of hydrogen-bond donors (Lipinski definition) is 1. The molecular formula is C26H19N7O4S2. The van der Waals surface area contributed by atoms with E-state index < -0.39 is 16.7 Å². The first-order valence-electron chi connectivity index (χ1n) is 11.5. The Balaban J connectivity index is 1.48. The minimum atomic E-state index is -0.686. The number of benzene rings is 3. The number of anilines is 1. The van der Waals surface area contributed by atoms with E-state index in [4.69, 9.17) is 12.2 Å². The number of nitro groups is 1. The number of carbonyl (C=O) groups is 2. The van der Waals surface area contributed by atoms with Gasteiger partial charge in [-0.2, -0.15) is 4.68 Å². The first kappa shape index (κ1) is 25.9. The van der Waals surface area contributed by atoms with Gasteiger partial charge >= 0.3 is 0 Å². The van der Waals surface area contributed by atoms with Crippen molar-refractivity contribution in [3.63, 3.8) is 0 Å². The first-order valence-corrected chi connectivity index (χ1v) is 12.7. The number of aromatic nitrogens is 4. The van der Waals surface area contributed by atoms with Crippen molar-refractivity contribution in [2.45, 2.75) is 23.9 Å². The second-order valence-electron chi connectivity index (χ2n) is 8.60. The van der Waals surface area contributed by atoms with Gasteiger partial charge in [0.2, 0.25) is 5.16 Å². The number of tetrazole rings is 1. The summed E-state index contributed by atoms with van der Waals surface area (Å²) in [7, 11) is 0. The Morgan fingerprint density at radius 2 is 1.72 bits per heavy atom. The van der Waals surface area contributed by atoms with Crippen LogP contribution in [-0.4, -0.2) is 42.1 Å². The Morgan fingerprint density at radius 3 is 2.41 bits per heavy atom. The molecule has 0 saturated carbocycles. The molecule has 2 amide bonds. The number of nitrogens with zero attached hydrogens (tertiary/aromatic N) is 6. The molecule has 0 radical (unpaired) electrons. The molecule has 0 spiro atoms. The average molecular weight is 558 g/mol. The summed E-state index contributed by atoms with van der Waals surface area (Å²) in [5.74, 6) is -1.31. The van der Waals surface area contributed by atoms with Gasteiger partial charge in [0.15, 0.2) is 5.11 Å². The number of thiocarbonyl (C=S) groups is 1. The van der Waals surface area contributed by atoms with Gasteiger partial charge in [-0.1, -0.05) is 30.3 Å². The lowest BCUT2D eigenvalue weighted by Gasteiger charge is -2.29. The molecule has 11 nitrogen and oxygen atoms in total. The van der Waals surface area contributed by atoms with Crippen molar-refractivity contribution in [1.29, 1.82) is 0 Å². The van der Waals surface area contributed by atoms with Gasteiger partial charge in [-0.3, -0.25) is 29.9 Å². The molecule has 3 aromatic carbocycles. The Hall–Kier alpha value is -4.75. The van der Waals surface area contributed by atoms with Crippen molar-refractivity contribution in [1.82, 2.24) is 25.5 Å². The highest BCUT2D eigenvalue weighted by atomic mass is 32.2. The largest absolute Gasteiger partial charge is 0.298 e.